The van der Waals surface area contributed by atoms with Crippen LogP contribution in [0, 0.1) is 5.92 Å². The maximum absolute atomic E-state index is 13.3. The zero-order chi connectivity index (χ0) is 29.5. The minimum absolute atomic E-state index is 0.137. The Morgan fingerprint density at radius 1 is 0.951 bits per heavy atom. The minimum atomic E-state index is -0.753. The number of nitrogens with zero attached hydrogens (tertiary/aromatic N) is 1. The van der Waals surface area contributed by atoms with Crippen LogP contribution >= 0.6 is 11.8 Å². The van der Waals surface area contributed by atoms with E-state index in [-0.39, 0.29) is 41.7 Å². The Morgan fingerprint density at radius 2 is 1.61 bits per heavy atom. The zero-order valence-electron chi connectivity index (χ0n) is 23.6. The Kier molecular flexibility index (Phi) is 9.99. The van der Waals surface area contributed by atoms with Gasteiger partial charge >= 0.3 is 0 Å². The molecule has 41 heavy (non-hydrogen) atoms. The Bertz CT molecular complexity index is 1410. The summed E-state index contributed by atoms with van der Waals surface area (Å²) in [6.07, 6.45) is 3.63. The van der Waals surface area contributed by atoms with Crippen molar-refractivity contribution in [2.75, 3.05) is 13.1 Å². The number of imide groups is 1. The number of carbonyl (C=O) groups excluding carboxylic acids is 5. The predicted octanol–water partition coefficient (Wildman–Crippen LogP) is 4.08. The van der Waals surface area contributed by atoms with E-state index in [1.807, 2.05) is 44.3 Å². The molecule has 0 spiro atoms. The third-order valence-electron chi connectivity index (χ3n) is 7.04. The smallest absolute Gasteiger partial charge is 0.261 e. The van der Waals surface area contributed by atoms with Crippen LogP contribution in [0.3, 0.4) is 0 Å². The standard InChI is InChI=1S/C31H36N4O5S/c1-19(2)17-26(28(37)32-15-14-21-18-33-25-12-7-6-9-22(21)25)34-29(38)27(41-20(3)36)13-8-16-35-30(39)23-10-4-5-11-24(23)31(35)40/h4-7,9-12,18-19,26-27,33H,8,13-17H2,1-3H3,(H,32,37)(H,34,38)/t26-,27?/m0/s1. The highest BCUT2D eigenvalue weighted by Gasteiger charge is 2.35. The largest absolute Gasteiger partial charge is 0.361 e. The lowest BCUT2D eigenvalue weighted by Gasteiger charge is -2.23. The molecule has 4 amide bonds. The van der Waals surface area contributed by atoms with Gasteiger partial charge in [-0.1, -0.05) is 55.9 Å². The van der Waals surface area contributed by atoms with Crippen LogP contribution in [-0.2, 0) is 20.8 Å². The summed E-state index contributed by atoms with van der Waals surface area (Å²) in [6, 6.07) is 13.9. The van der Waals surface area contributed by atoms with Gasteiger partial charge in [-0.05, 0) is 55.4 Å². The molecule has 0 saturated carbocycles. The van der Waals surface area contributed by atoms with Gasteiger partial charge in [-0.3, -0.25) is 28.9 Å². The van der Waals surface area contributed by atoms with Gasteiger partial charge in [0.25, 0.3) is 11.8 Å². The Labute approximate surface area is 243 Å². The molecule has 3 N–H and O–H groups in total. The second kappa shape index (κ2) is 13.6. The second-order valence-electron chi connectivity index (χ2n) is 10.6. The molecular weight excluding hydrogens is 540 g/mol. The molecule has 2 aromatic carbocycles. The summed E-state index contributed by atoms with van der Waals surface area (Å²) in [4.78, 5) is 68.1. The maximum atomic E-state index is 13.3. The van der Waals surface area contributed by atoms with Crippen LogP contribution in [0.2, 0.25) is 0 Å². The molecule has 0 radical (unpaired) electrons. The van der Waals surface area contributed by atoms with Gasteiger partial charge in [0.15, 0.2) is 5.12 Å². The molecule has 1 aliphatic heterocycles. The van der Waals surface area contributed by atoms with Crippen LogP contribution in [0.25, 0.3) is 10.9 Å². The van der Waals surface area contributed by atoms with E-state index in [0.717, 1.165) is 28.2 Å². The van der Waals surface area contributed by atoms with E-state index >= 15 is 0 Å². The topological polar surface area (TPSA) is 128 Å². The number of fused-ring (bicyclic) bond motifs is 2. The lowest BCUT2D eigenvalue weighted by atomic mass is 10.0. The highest BCUT2D eigenvalue weighted by Crippen LogP contribution is 2.24. The van der Waals surface area contributed by atoms with Crippen LogP contribution in [0.5, 0.6) is 0 Å². The predicted molar refractivity (Wildman–Crippen MR) is 160 cm³/mol. The molecule has 216 valence electrons. The summed E-state index contributed by atoms with van der Waals surface area (Å²) in [5.41, 5.74) is 2.88. The van der Waals surface area contributed by atoms with Gasteiger partial charge in [0.2, 0.25) is 11.8 Å². The molecular formula is C31H36N4O5S. The lowest BCUT2D eigenvalue weighted by Crippen LogP contribution is -2.50. The fraction of sp³-hybridized carbons (Fsp3) is 0.387. The average Bonchev–Trinajstić information content (AvgIpc) is 3.46. The molecule has 4 rings (SSSR count). The number of hydrogen-bond acceptors (Lipinski definition) is 6. The van der Waals surface area contributed by atoms with Crippen LogP contribution in [-0.4, -0.2) is 63.0 Å². The number of carbonyl (C=O) groups is 5. The summed E-state index contributed by atoms with van der Waals surface area (Å²) < 4.78 is 0. The monoisotopic (exact) mass is 576 g/mol. The molecule has 0 bridgehead atoms. The Morgan fingerprint density at radius 3 is 2.27 bits per heavy atom. The molecule has 9 nitrogen and oxygen atoms in total. The molecule has 10 heteroatoms. The second-order valence-corrected chi connectivity index (χ2v) is 12.0. The van der Waals surface area contributed by atoms with Crippen molar-refractivity contribution in [3.05, 3.63) is 71.4 Å². The van der Waals surface area contributed by atoms with E-state index in [2.05, 4.69) is 15.6 Å². The molecule has 2 heterocycles. The fourth-order valence-electron chi connectivity index (χ4n) is 5.07. The van der Waals surface area contributed by atoms with Gasteiger partial charge in [0.05, 0.1) is 16.4 Å². The quantitative estimate of drug-likeness (QED) is 0.263. The molecule has 2 atom stereocenters. The molecule has 3 aromatic rings. The van der Waals surface area contributed by atoms with Gasteiger partial charge in [-0.25, -0.2) is 0 Å². The Hall–Kier alpha value is -3.92. The van der Waals surface area contributed by atoms with Crippen molar-refractivity contribution in [3.63, 3.8) is 0 Å². The fourth-order valence-corrected chi connectivity index (χ4v) is 5.93. The van der Waals surface area contributed by atoms with Crippen LogP contribution < -0.4 is 10.6 Å². The zero-order valence-corrected chi connectivity index (χ0v) is 24.4. The van der Waals surface area contributed by atoms with Crippen molar-refractivity contribution in [3.8, 4) is 0 Å². The van der Waals surface area contributed by atoms with E-state index in [4.69, 9.17) is 0 Å². The Balaban J connectivity index is 1.33. The first-order chi connectivity index (χ1) is 19.7. The van der Waals surface area contributed by atoms with Crippen molar-refractivity contribution >= 4 is 51.4 Å². The minimum Gasteiger partial charge on any atom is -0.361 e. The number of aromatic nitrogens is 1. The third-order valence-corrected chi connectivity index (χ3v) is 8.10. The highest BCUT2D eigenvalue weighted by molar-refractivity contribution is 8.14. The van der Waals surface area contributed by atoms with Gasteiger partial charge in [0.1, 0.15) is 6.04 Å². The number of thioether (sulfide) groups is 1. The van der Waals surface area contributed by atoms with Crippen LogP contribution in [0.15, 0.2) is 54.7 Å². The van der Waals surface area contributed by atoms with Gasteiger partial charge < -0.3 is 15.6 Å². The van der Waals surface area contributed by atoms with Crippen molar-refractivity contribution in [1.82, 2.24) is 20.5 Å². The van der Waals surface area contributed by atoms with Gasteiger partial charge in [-0.2, -0.15) is 0 Å². The molecule has 1 unspecified atom stereocenters. The number of para-hydroxylation sites is 1. The van der Waals surface area contributed by atoms with Crippen LogP contribution in [0.4, 0.5) is 0 Å². The van der Waals surface area contributed by atoms with Gasteiger partial charge in [-0.15, -0.1) is 0 Å². The molecule has 1 aromatic heterocycles. The molecule has 0 fully saturated rings. The number of aromatic amines is 1. The van der Waals surface area contributed by atoms with Crippen molar-refractivity contribution < 1.29 is 24.0 Å². The third kappa shape index (κ3) is 7.43. The first-order valence-corrected chi connectivity index (χ1v) is 14.8. The first-order valence-electron chi connectivity index (χ1n) is 13.9. The summed E-state index contributed by atoms with van der Waals surface area (Å²) in [6.45, 7) is 5.89. The normalized spacial score (nSPS) is 14.3. The van der Waals surface area contributed by atoms with Crippen molar-refractivity contribution in [1.29, 1.82) is 0 Å². The van der Waals surface area contributed by atoms with Crippen molar-refractivity contribution in [2.45, 2.75) is 57.7 Å². The number of benzene rings is 2. The molecule has 0 saturated heterocycles. The van der Waals surface area contributed by atoms with Crippen LogP contribution in [0.1, 0.15) is 66.3 Å². The number of amides is 4. The highest BCUT2D eigenvalue weighted by atomic mass is 32.2. The summed E-state index contributed by atoms with van der Waals surface area (Å²) in [7, 11) is 0. The van der Waals surface area contributed by atoms with E-state index < -0.39 is 17.2 Å². The van der Waals surface area contributed by atoms with E-state index in [9.17, 15) is 24.0 Å². The summed E-state index contributed by atoms with van der Waals surface area (Å²) in [5, 5.41) is 5.94. The van der Waals surface area contributed by atoms with Crippen molar-refractivity contribution in [2.24, 2.45) is 5.92 Å². The van der Waals surface area contributed by atoms with Gasteiger partial charge in [0, 0.05) is 37.1 Å². The summed E-state index contributed by atoms with van der Waals surface area (Å²) in [5.74, 6) is -1.25. The number of nitrogens with one attached hydrogen (secondary N) is 3. The number of H-pyrrole nitrogens is 1. The number of hydrogen-bond donors (Lipinski definition) is 3. The average molecular weight is 577 g/mol. The SMILES string of the molecule is CC(=O)SC(CCCN1C(=O)c2ccccc2C1=O)C(=O)N[C@@H](CC(C)C)C(=O)NCCc1c[nH]c2ccccc12. The molecule has 1 aliphatic rings. The first kappa shape index (κ1) is 30.0. The lowest BCUT2D eigenvalue weighted by molar-refractivity contribution is -0.129. The van der Waals surface area contributed by atoms with E-state index in [1.54, 1.807) is 24.3 Å². The van der Waals surface area contributed by atoms with E-state index in [1.165, 1.54) is 11.8 Å². The summed E-state index contributed by atoms with van der Waals surface area (Å²) >= 11 is 0.894. The number of rotatable bonds is 13. The van der Waals surface area contributed by atoms with E-state index in [0.29, 0.717) is 36.9 Å². The maximum Gasteiger partial charge on any atom is 0.261 e. The molecule has 0 aliphatic carbocycles.